The average Bonchev–Trinajstić information content (AvgIpc) is 3.23. The second-order valence-corrected chi connectivity index (χ2v) is 10.2. The molecule has 0 aliphatic carbocycles. The van der Waals surface area contributed by atoms with Crippen LogP contribution in [0.3, 0.4) is 0 Å². The predicted octanol–water partition coefficient (Wildman–Crippen LogP) is 2.98. The normalized spacial score (nSPS) is 18.7. The van der Waals surface area contributed by atoms with Crippen LogP contribution in [0.5, 0.6) is 0 Å². The Morgan fingerprint density at radius 2 is 1.75 bits per heavy atom. The van der Waals surface area contributed by atoms with Gasteiger partial charge in [-0.3, -0.25) is 4.79 Å². The first-order valence-electron chi connectivity index (χ1n) is 10.4. The summed E-state index contributed by atoms with van der Waals surface area (Å²) in [4.78, 5) is 12.4. The minimum atomic E-state index is -3.89. The quantitative estimate of drug-likeness (QED) is 0.684. The number of benzene rings is 2. The van der Waals surface area contributed by atoms with Gasteiger partial charge in [0, 0.05) is 37.5 Å². The highest BCUT2D eigenvalue weighted by atomic mass is 35.5. The van der Waals surface area contributed by atoms with E-state index in [1.807, 2.05) is 12.1 Å². The van der Waals surface area contributed by atoms with Gasteiger partial charge in [-0.25, -0.2) is 12.8 Å². The summed E-state index contributed by atoms with van der Waals surface area (Å²) >= 11 is 5.86. The molecule has 1 N–H and O–H groups in total. The Balaban J connectivity index is 1.42. The number of hydrogen-bond acceptors (Lipinski definition) is 5. The number of amides is 1. The molecular formula is C22H24ClFN2O5S. The Labute approximate surface area is 191 Å². The number of sulfonamides is 1. The SMILES string of the molecule is O=C(NCCc1ccc(Cl)cc1)c1cc(S(=O)(=O)N2CCC3(CC2)OCCO3)ccc1F. The van der Waals surface area contributed by atoms with Gasteiger partial charge in [-0.15, -0.1) is 0 Å². The Hall–Kier alpha value is -2.04. The Morgan fingerprint density at radius 3 is 2.41 bits per heavy atom. The average molecular weight is 483 g/mol. The van der Waals surface area contributed by atoms with Crippen molar-refractivity contribution in [3.63, 3.8) is 0 Å². The lowest BCUT2D eigenvalue weighted by Crippen LogP contribution is -2.47. The summed E-state index contributed by atoms with van der Waals surface area (Å²) in [6, 6.07) is 10.5. The molecule has 0 saturated carbocycles. The maximum atomic E-state index is 14.3. The molecule has 2 saturated heterocycles. The van der Waals surface area contributed by atoms with Gasteiger partial charge in [-0.1, -0.05) is 23.7 Å². The second-order valence-electron chi connectivity index (χ2n) is 7.79. The van der Waals surface area contributed by atoms with Crippen molar-refractivity contribution in [2.75, 3.05) is 32.8 Å². The first kappa shape index (κ1) is 23.1. The van der Waals surface area contributed by atoms with E-state index in [9.17, 15) is 17.6 Å². The monoisotopic (exact) mass is 482 g/mol. The van der Waals surface area contributed by atoms with Gasteiger partial charge < -0.3 is 14.8 Å². The zero-order chi connectivity index (χ0) is 22.8. The standard InChI is InChI=1S/C22H24ClFN2O5S/c23-17-3-1-16(2-4-17)7-10-25-21(27)19-15-18(5-6-20(19)24)32(28,29)26-11-8-22(9-12-26)30-13-14-31-22/h1-6,15H,7-14H2,(H,25,27). The van der Waals surface area contributed by atoms with Crippen molar-refractivity contribution < 1.29 is 27.1 Å². The van der Waals surface area contributed by atoms with Crippen LogP contribution in [0.1, 0.15) is 28.8 Å². The summed E-state index contributed by atoms with van der Waals surface area (Å²) in [7, 11) is -3.89. The molecule has 2 aromatic rings. The zero-order valence-corrected chi connectivity index (χ0v) is 18.9. The molecule has 2 aliphatic rings. The van der Waals surface area contributed by atoms with E-state index in [1.165, 1.54) is 10.4 Å². The van der Waals surface area contributed by atoms with Gasteiger partial charge in [0.25, 0.3) is 5.91 Å². The zero-order valence-electron chi connectivity index (χ0n) is 17.4. The van der Waals surface area contributed by atoms with Crippen LogP contribution < -0.4 is 5.32 Å². The molecule has 2 heterocycles. The Morgan fingerprint density at radius 1 is 1.09 bits per heavy atom. The van der Waals surface area contributed by atoms with E-state index >= 15 is 0 Å². The molecule has 0 aromatic heterocycles. The fraction of sp³-hybridized carbons (Fsp3) is 0.409. The second kappa shape index (κ2) is 9.44. The van der Waals surface area contributed by atoms with Gasteiger partial charge in [0.1, 0.15) is 5.82 Å². The third-order valence-electron chi connectivity index (χ3n) is 5.73. The van der Waals surface area contributed by atoms with Crippen LogP contribution in [0.25, 0.3) is 0 Å². The van der Waals surface area contributed by atoms with Gasteiger partial charge in [-0.05, 0) is 42.3 Å². The van der Waals surface area contributed by atoms with Crippen molar-refractivity contribution in [3.8, 4) is 0 Å². The van der Waals surface area contributed by atoms with E-state index in [4.69, 9.17) is 21.1 Å². The molecule has 0 radical (unpaired) electrons. The molecule has 2 aromatic carbocycles. The first-order chi connectivity index (χ1) is 15.3. The highest BCUT2D eigenvalue weighted by Crippen LogP contribution is 2.33. The van der Waals surface area contributed by atoms with Crippen molar-refractivity contribution >= 4 is 27.5 Å². The predicted molar refractivity (Wildman–Crippen MR) is 117 cm³/mol. The molecule has 32 heavy (non-hydrogen) atoms. The first-order valence-corrected chi connectivity index (χ1v) is 12.2. The van der Waals surface area contributed by atoms with Crippen LogP contribution in [0.15, 0.2) is 47.4 Å². The van der Waals surface area contributed by atoms with E-state index in [0.29, 0.717) is 37.5 Å². The summed E-state index contributed by atoms with van der Waals surface area (Å²) in [5.74, 6) is -2.15. The lowest BCUT2D eigenvalue weighted by atomic mass is 10.1. The Bertz CT molecular complexity index is 1080. The summed E-state index contributed by atoms with van der Waals surface area (Å²) in [6.45, 7) is 1.72. The number of piperidine rings is 1. The highest BCUT2D eigenvalue weighted by molar-refractivity contribution is 7.89. The van der Waals surface area contributed by atoms with Crippen LogP contribution in [-0.2, 0) is 25.9 Å². The van der Waals surface area contributed by atoms with E-state index in [2.05, 4.69) is 5.32 Å². The smallest absolute Gasteiger partial charge is 0.254 e. The minimum absolute atomic E-state index is 0.119. The molecule has 0 bridgehead atoms. The maximum absolute atomic E-state index is 14.3. The van der Waals surface area contributed by atoms with Gasteiger partial charge in [0.05, 0.1) is 23.7 Å². The largest absolute Gasteiger partial charge is 0.352 e. The Kier molecular flexibility index (Phi) is 6.83. The van der Waals surface area contributed by atoms with Gasteiger partial charge in [-0.2, -0.15) is 4.31 Å². The highest BCUT2D eigenvalue weighted by Gasteiger charge is 2.42. The van der Waals surface area contributed by atoms with Gasteiger partial charge in [0.15, 0.2) is 5.79 Å². The number of carbonyl (C=O) groups excluding carboxylic acids is 1. The molecule has 1 amide bonds. The fourth-order valence-electron chi connectivity index (χ4n) is 3.91. The minimum Gasteiger partial charge on any atom is -0.352 e. The van der Waals surface area contributed by atoms with E-state index in [0.717, 1.165) is 17.7 Å². The molecule has 7 nitrogen and oxygen atoms in total. The molecule has 172 valence electrons. The number of rotatable bonds is 6. The van der Waals surface area contributed by atoms with Crippen LogP contribution in [0.2, 0.25) is 5.02 Å². The topological polar surface area (TPSA) is 84.9 Å². The summed E-state index contributed by atoms with van der Waals surface area (Å²) in [6.07, 6.45) is 1.37. The maximum Gasteiger partial charge on any atom is 0.254 e. The summed E-state index contributed by atoms with van der Waals surface area (Å²) in [5.41, 5.74) is 0.655. The molecule has 2 fully saturated rings. The number of ether oxygens (including phenoxy) is 2. The van der Waals surface area contributed by atoms with Crippen molar-refractivity contribution in [1.29, 1.82) is 0 Å². The van der Waals surface area contributed by atoms with E-state index in [-0.39, 0.29) is 30.1 Å². The third kappa shape index (κ3) is 4.97. The third-order valence-corrected chi connectivity index (χ3v) is 7.88. The summed E-state index contributed by atoms with van der Waals surface area (Å²) < 4.78 is 53.1. The molecule has 2 aliphatic heterocycles. The lowest BCUT2D eigenvalue weighted by Gasteiger charge is -2.36. The number of carbonyl (C=O) groups is 1. The van der Waals surface area contributed by atoms with Crippen molar-refractivity contribution in [3.05, 3.63) is 64.4 Å². The van der Waals surface area contributed by atoms with E-state index in [1.54, 1.807) is 12.1 Å². The number of halogens is 2. The van der Waals surface area contributed by atoms with Crippen LogP contribution >= 0.6 is 11.6 Å². The summed E-state index contributed by atoms with van der Waals surface area (Å²) in [5, 5.41) is 3.26. The lowest BCUT2D eigenvalue weighted by molar-refractivity contribution is -0.179. The molecular weight excluding hydrogens is 459 g/mol. The fourth-order valence-corrected chi connectivity index (χ4v) is 5.50. The number of nitrogens with one attached hydrogen (secondary N) is 1. The van der Waals surface area contributed by atoms with Gasteiger partial charge >= 0.3 is 0 Å². The number of hydrogen-bond donors (Lipinski definition) is 1. The molecule has 4 rings (SSSR count). The van der Waals surface area contributed by atoms with Gasteiger partial charge in [0.2, 0.25) is 10.0 Å². The van der Waals surface area contributed by atoms with Crippen molar-refractivity contribution in [2.45, 2.75) is 29.9 Å². The molecule has 1 spiro atoms. The molecule has 0 atom stereocenters. The molecule has 0 unspecified atom stereocenters. The molecule has 10 heteroatoms. The van der Waals surface area contributed by atoms with Crippen LogP contribution in [0, 0.1) is 5.82 Å². The number of nitrogens with zero attached hydrogens (tertiary/aromatic N) is 1. The van der Waals surface area contributed by atoms with Crippen LogP contribution in [-0.4, -0.2) is 57.3 Å². The van der Waals surface area contributed by atoms with E-state index < -0.39 is 27.5 Å². The van der Waals surface area contributed by atoms with Crippen LogP contribution in [0.4, 0.5) is 4.39 Å². The van der Waals surface area contributed by atoms with Crippen molar-refractivity contribution in [2.24, 2.45) is 0 Å². The van der Waals surface area contributed by atoms with Crippen molar-refractivity contribution in [1.82, 2.24) is 9.62 Å².